The van der Waals surface area contributed by atoms with Gasteiger partial charge >= 0.3 is 17.9 Å². The van der Waals surface area contributed by atoms with Crippen LogP contribution in [0.2, 0.25) is 0 Å². The molecule has 0 spiro atoms. The molecule has 1 aromatic carbocycles. The maximum absolute atomic E-state index is 12.5. The summed E-state index contributed by atoms with van der Waals surface area (Å²) in [7, 11) is 2.09. The normalized spacial score (nSPS) is 11.0. The number of esters is 3. The first-order chi connectivity index (χ1) is 12.3. The van der Waals surface area contributed by atoms with Gasteiger partial charge in [-0.15, -0.1) is 0 Å². The Morgan fingerprint density at radius 1 is 1.15 bits per heavy atom. The maximum atomic E-state index is 12.5. The summed E-state index contributed by atoms with van der Waals surface area (Å²) in [5, 5.41) is 11.4. The van der Waals surface area contributed by atoms with Gasteiger partial charge in [-0.25, -0.2) is 4.79 Å². The van der Waals surface area contributed by atoms with Crippen LogP contribution in [0.5, 0.6) is 0 Å². The standard InChI is InChI=1S/C17H19NO8/c1-4-26-14(19)10-7-11-17(15(20)24-2,16(21)25-3)12-8-5-6-9-13(12)18(22)23/h5-10H,4,11H2,1-3H3/b10-7-. The minimum atomic E-state index is -2.14. The predicted octanol–water partition coefficient (Wildman–Crippen LogP) is 1.69. The summed E-state index contributed by atoms with van der Waals surface area (Å²) in [6.45, 7) is 1.76. The van der Waals surface area contributed by atoms with E-state index in [4.69, 9.17) is 14.2 Å². The van der Waals surface area contributed by atoms with Crippen LogP contribution in [0.15, 0.2) is 36.4 Å². The molecule has 0 aliphatic rings. The highest BCUT2D eigenvalue weighted by Gasteiger charge is 2.52. The smallest absolute Gasteiger partial charge is 0.330 e. The first-order valence-electron chi connectivity index (χ1n) is 7.59. The summed E-state index contributed by atoms with van der Waals surface area (Å²) in [5.74, 6) is -2.78. The van der Waals surface area contributed by atoms with Gasteiger partial charge in [-0.3, -0.25) is 19.7 Å². The molecule has 9 nitrogen and oxygen atoms in total. The van der Waals surface area contributed by atoms with E-state index in [9.17, 15) is 24.5 Å². The number of benzene rings is 1. The number of methoxy groups -OCH3 is 2. The minimum absolute atomic E-state index is 0.145. The highest BCUT2D eigenvalue weighted by atomic mass is 16.6. The number of rotatable bonds is 8. The number of allylic oxidation sites excluding steroid dienone is 1. The number of hydrogen-bond donors (Lipinski definition) is 0. The largest absolute Gasteiger partial charge is 0.468 e. The van der Waals surface area contributed by atoms with E-state index < -0.39 is 40.4 Å². The lowest BCUT2D eigenvalue weighted by atomic mass is 9.76. The Bertz CT molecular complexity index is 709. The summed E-state index contributed by atoms with van der Waals surface area (Å²) >= 11 is 0. The molecule has 0 heterocycles. The first-order valence-corrected chi connectivity index (χ1v) is 7.59. The Morgan fingerprint density at radius 2 is 1.73 bits per heavy atom. The van der Waals surface area contributed by atoms with E-state index in [1.807, 2.05) is 0 Å². The van der Waals surface area contributed by atoms with Crippen molar-refractivity contribution in [1.29, 1.82) is 0 Å². The molecule has 0 bridgehead atoms. The molecule has 140 valence electrons. The van der Waals surface area contributed by atoms with Gasteiger partial charge in [-0.1, -0.05) is 24.3 Å². The van der Waals surface area contributed by atoms with Crippen molar-refractivity contribution in [3.05, 3.63) is 52.1 Å². The molecule has 0 aliphatic carbocycles. The van der Waals surface area contributed by atoms with E-state index in [0.717, 1.165) is 26.4 Å². The predicted molar refractivity (Wildman–Crippen MR) is 89.2 cm³/mol. The van der Waals surface area contributed by atoms with Gasteiger partial charge in [0.2, 0.25) is 0 Å². The molecule has 0 fully saturated rings. The Labute approximate surface area is 149 Å². The second-order valence-corrected chi connectivity index (χ2v) is 5.02. The number of carbonyl (C=O) groups excluding carboxylic acids is 3. The Kier molecular flexibility index (Phi) is 7.45. The lowest BCUT2D eigenvalue weighted by molar-refractivity contribution is -0.386. The number of hydrogen-bond acceptors (Lipinski definition) is 8. The van der Waals surface area contributed by atoms with E-state index >= 15 is 0 Å². The molecule has 0 aromatic heterocycles. The van der Waals surface area contributed by atoms with Crippen molar-refractivity contribution in [2.45, 2.75) is 18.8 Å². The highest BCUT2D eigenvalue weighted by molar-refractivity contribution is 6.07. The lowest BCUT2D eigenvalue weighted by Gasteiger charge is -2.27. The van der Waals surface area contributed by atoms with E-state index in [1.165, 1.54) is 24.3 Å². The number of nitrogens with zero attached hydrogens (tertiary/aromatic N) is 1. The van der Waals surface area contributed by atoms with Crippen molar-refractivity contribution < 1.29 is 33.5 Å². The quantitative estimate of drug-likeness (QED) is 0.170. The third-order valence-corrected chi connectivity index (χ3v) is 3.59. The molecule has 0 N–H and O–H groups in total. The van der Waals surface area contributed by atoms with Gasteiger partial charge in [0, 0.05) is 12.1 Å². The number of carbonyl (C=O) groups is 3. The third-order valence-electron chi connectivity index (χ3n) is 3.59. The Balaban J connectivity index is 3.56. The molecular weight excluding hydrogens is 346 g/mol. The fourth-order valence-electron chi connectivity index (χ4n) is 2.44. The zero-order chi connectivity index (χ0) is 19.7. The van der Waals surface area contributed by atoms with Gasteiger partial charge in [-0.05, 0) is 13.3 Å². The molecule has 0 saturated heterocycles. The molecule has 0 saturated carbocycles. The number of nitro benzene ring substituents is 1. The average Bonchev–Trinajstić information content (AvgIpc) is 2.64. The first kappa shape index (κ1) is 20.8. The Hall–Kier alpha value is -3.23. The van der Waals surface area contributed by atoms with Gasteiger partial charge in [0.15, 0.2) is 5.41 Å². The van der Waals surface area contributed by atoms with Crippen LogP contribution in [-0.4, -0.2) is 43.7 Å². The van der Waals surface area contributed by atoms with Gasteiger partial charge < -0.3 is 14.2 Å². The van der Waals surface area contributed by atoms with Crippen LogP contribution < -0.4 is 0 Å². The molecule has 26 heavy (non-hydrogen) atoms. The maximum Gasteiger partial charge on any atom is 0.330 e. The van der Waals surface area contributed by atoms with Crippen molar-refractivity contribution in [2.24, 2.45) is 0 Å². The monoisotopic (exact) mass is 365 g/mol. The van der Waals surface area contributed by atoms with Crippen LogP contribution in [0.4, 0.5) is 5.69 Å². The zero-order valence-electron chi connectivity index (χ0n) is 14.6. The van der Waals surface area contributed by atoms with Crippen LogP contribution in [-0.2, 0) is 34.0 Å². The Morgan fingerprint density at radius 3 is 2.23 bits per heavy atom. The minimum Gasteiger partial charge on any atom is -0.468 e. The lowest BCUT2D eigenvalue weighted by Crippen LogP contribution is -2.45. The van der Waals surface area contributed by atoms with Crippen LogP contribution in [0.1, 0.15) is 18.9 Å². The second-order valence-electron chi connectivity index (χ2n) is 5.02. The summed E-state index contributed by atoms with van der Waals surface area (Å²) < 4.78 is 14.2. The SMILES string of the molecule is CCOC(=O)/C=C\CC(C(=O)OC)(C(=O)OC)c1ccccc1[N+](=O)[O-]. The summed E-state index contributed by atoms with van der Waals surface area (Å²) in [4.78, 5) is 47.1. The van der Waals surface area contributed by atoms with Gasteiger partial charge in [-0.2, -0.15) is 0 Å². The molecule has 9 heteroatoms. The van der Waals surface area contributed by atoms with Gasteiger partial charge in [0.25, 0.3) is 5.69 Å². The second kappa shape index (κ2) is 9.30. The van der Waals surface area contributed by atoms with Crippen molar-refractivity contribution in [1.82, 2.24) is 0 Å². The van der Waals surface area contributed by atoms with Gasteiger partial charge in [0.1, 0.15) is 0 Å². The van der Waals surface area contributed by atoms with Gasteiger partial charge in [0.05, 0.1) is 31.3 Å². The number of nitro groups is 1. The fraction of sp³-hybridized carbons (Fsp3) is 0.353. The molecule has 0 atom stereocenters. The van der Waals surface area contributed by atoms with Crippen LogP contribution in [0.3, 0.4) is 0 Å². The fourth-order valence-corrected chi connectivity index (χ4v) is 2.44. The van der Waals surface area contributed by atoms with E-state index in [-0.39, 0.29) is 12.2 Å². The molecular formula is C17H19NO8. The number of para-hydroxylation sites is 1. The highest BCUT2D eigenvalue weighted by Crippen LogP contribution is 2.37. The molecule has 0 radical (unpaired) electrons. The third kappa shape index (κ3) is 4.24. The molecule has 0 unspecified atom stereocenters. The molecule has 1 rings (SSSR count). The molecule has 0 aliphatic heterocycles. The van der Waals surface area contributed by atoms with E-state index in [1.54, 1.807) is 6.92 Å². The molecule has 1 aromatic rings. The van der Waals surface area contributed by atoms with Crippen LogP contribution >= 0.6 is 0 Å². The summed E-state index contributed by atoms with van der Waals surface area (Å²) in [5.41, 5.74) is -2.79. The van der Waals surface area contributed by atoms with Crippen molar-refractivity contribution in [3.8, 4) is 0 Å². The molecule has 0 amide bonds. The van der Waals surface area contributed by atoms with E-state index in [0.29, 0.717) is 0 Å². The van der Waals surface area contributed by atoms with Crippen LogP contribution in [0, 0.1) is 10.1 Å². The van der Waals surface area contributed by atoms with Crippen LogP contribution in [0.25, 0.3) is 0 Å². The number of ether oxygens (including phenoxy) is 3. The summed E-state index contributed by atoms with van der Waals surface area (Å²) in [6.07, 6.45) is 1.84. The van der Waals surface area contributed by atoms with Crippen molar-refractivity contribution in [3.63, 3.8) is 0 Å². The van der Waals surface area contributed by atoms with Crippen molar-refractivity contribution in [2.75, 3.05) is 20.8 Å². The average molecular weight is 365 g/mol. The topological polar surface area (TPSA) is 122 Å². The summed E-state index contributed by atoms with van der Waals surface area (Å²) in [6, 6.07) is 5.27. The van der Waals surface area contributed by atoms with Crippen molar-refractivity contribution >= 4 is 23.6 Å². The van der Waals surface area contributed by atoms with E-state index in [2.05, 4.69) is 0 Å². The zero-order valence-corrected chi connectivity index (χ0v) is 14.6.